The predicted molar refractivity (Wildman–Crippen MR) is 85.5 cm³/mol. The van der Waals surface area contributed by atoms with Crippen LogP contribution in [0.25, 0.3) is 0 Å². The van der Waals surface area contributed by atoms with Gasteiger partial charge >= 0.3 is 0 Å². The Morgan fingerprint density at radius 2 is 1.70 bits per heavy atom. The molecule has 0 bridgehead atoms. The van der Waals surface area contributed by atoms with Crippen LogP contribution in [0.4, 0.5) is 5.69 Å². The van der Waals surface area contributed by atoms with Crippen molar-refractivity contribution in [2.45, 2.75) is 33.2 Å². The van der Waals surface area contributed by atoms with Crippen molar-refractivity contribution in [1.82, 2.24) is 0 Å². The van der Waals surface area contributed by atoms with Crippen molar-refractivity contribution in [1.29, 1.82) is 0 Å². The maximum absolute atomic E-state index is 5.65. The fraction of sp³-hybridized carbons (Fsp3) is 0.333. The van der Waals surface area contributed by atoms with E-state index in [0.717, 1.165) is 17.9 Å². The van der Waals surface area contributed by atoms with Gasteiger partial charge in [0.25, 0.3) is 0 Å². The highest BCUT2D eigenvalue weighted by Crippen LogP contribution is 2.28. The second kappa shape index (κ2) is 6.99. The highest BCUT2D eigenvalue weighted by Gasteiger charge is 2.08. The highest BCUT2D eigenvalue weighted by atomic mass is 16.5. The first-order valence-electron chi connectivity index (χ1n) is 7.31. The second-order valence-electron chi connectivity index (χ2n) is 4.89. The fourth-order valence-electron chi connectivity index (χ4n) is 2.23. The minimum atomic E-state index is 0.252. The van der Waals surface area contributed by atoms with Gasteiger partial charge in [0.05, 0.1) is 12.3 Å². The van der Waals surface area contributed by atoms with Crippen molar-refractivity contribution < 1.29 is 4.74 Å². The van der Waals surface area contributed by atoms with E-state index in [4.69, 9.17) is 4.74 Å². The molecule has 0 fully saturated rings. The standard InChI is InChI=1S/C18H23NO/c1-4-15-10-12-16(13-11-15)14(3)19-17-8-6-7-9-18(17)20-5-2/h6-14,19H,4-5H2,1-3H3. The molecule has 0 spiro atoms. The maximum Gasteiger partial charge on any atom is 0.142 e. The molecule has 2 aromatic rings. The van der Waals surface area contributed by atoms with Gasteiger partial charge in [-0.2, -0.15) is 0 Å². The number of aryl methyl sites for hydroxylation is 1. The Balaban J connectivity index is 2.12. The zero-order valence-corrected chi connectivity index (χ0v) is 12.5. The monoisotopic (exact) mass is 269 g/mol. The highest BCUT2D eigenvalue weighted by molar-refractivity contribution is 5.57. The summed E-state index contributed by atoms with van der Waals surface area (Å²) in [5, 5.41) is 3.52. The van der Waals surface area contributed by atoms with E-state index in [1.165, 1.54) is 11.1 Å². The Kier molecular flexibility index (Phi) is 5.05. The van der Waals surface area contributed by atoms with Crippen LogP contribution in [0.2, 0.25) is 0 Å². The molecule has 0 saturated carbocycles. The molecule has 2 heteroatoms. The number of hydrogen-bond acceptors (Lipinski definition) is 2. The lowest BCUT2D eigenvalue weighted by Gasteiger charge is -2.18. The molecule has 0 aliphatic heterocycles. The van der Waals surface area contributed by atoms with E-state index in [2.05, 4.69) is 49.5 Å². The van der Waals surface area contributed by atoms with Crippen molar-refractivity contribution in [2.75, 3.05) is 11.9 Å². The summed E-state index contributed by atoms with van der Waals surface area (Å²) in [6, 6.07) is 17.1. The molecular formula is C18H23NO. The molecule has 20 heavy (non-hydrogen) atoms. The summed E-state index contributed by atoms with van der Waals surface area (Å²) in [4.78, 5) is 0. The Morgan fingerprint density at radius 1 is 1.00 bits per heavy atom. The quantitative estimate of drug-likeness (QED) is 0.811. The van der Waals surface area contributed by atoms with Crippen molar-refractivity contribution in [2.24, 2.45) is 0 Å². The summed E-state index contributed by atoms with van der Waals surface area (Å²) < 4.78 is 5.65. The van der Waals surface area contributed by atoms with Crippen molar-refractivity contribution in [3.05, 3.63) is 59.7 Å². The summed E-state index contributed by atoms with van der Waals surface area (Å²) in [5.41, 5.74) is 3.70. The molecule has 0 amide bonds. The molecular weight excluding hydrogens is 246 g/mol. The first-order valence-corrected chi connectivity index (χ1v) is 7.31. The van der Waals surface area contributed by atoms with Crippen molar-refractivity contribution in [3.8, 4) is 5.75 Å². The SMILES string of the molecule is CCOc1ccccc1NC(C)c1ccc(CC)cc1. The number of hydrogen-bond donors (Lipinski definition) is 1. The number of ether oxygens (including phenoxy) is 1. The number of rotatable bonds is 6. The maximum atomic E-state index is 5.65. The van der Waals surface area contributed by atoms with Gasteiger partial charge in [-0.25, -0.2) is 0 Å². The van der Waals surface area contributed by atoms with Crippen molar-refractivity contribution in [3.63, 3.8) is 0 Å². The third-order valence-electron chi connectivity index (χ3n) is 3.45. The zero-order valence-electron chi connectivity index (χ0n) is 12.5. The molecule has 0 heterocycles. The van der Waals surface area contributed by atoms with E-state index < -0.39 is 0 Å². The lowest BCUT2D eigenvalue weighted by atomic mass is 10.0. The van der Waals surface area contributed by atoms with Gasteiger partial charge in [0.2, 0.25) is 0 Å². The summed E-state index contributed by atoms with van der Waals surface area (Å²) in [6.07, 6.45) is 1.08. The van der Waals surface area contributed by atoms with Crippen LogP contribution >= 0.6 is 0 Å². The fourth-order valence-corrected chi connectivity index (χ4v) is 2.23. The molecule has 0 aliphatic rings. The third-order valence-corrected chi connectivity index (χ3v) is 3.45. The first kappa shape index (κ1) is 14.4. The van der Waals surface area contributed by atoms with Gasteiger partial charge in [0, 0.05) is 6.04 Å². The molecule has 0 radical (unpaired) electrons. The van der Waals surface area contributed by atoms with E-state index in [0.29, 0.717) is 6.61 Å². The minimum absolute atomic E-state index is 0.252. The van der Waals surface area contributed by atoms with Crippen LogP contribution in [-0.4, -0.2) is 6.61 Å². The number of para-hydroxylation sites is 2. The number of benzene rings is 2. The van der Waals surface area contributed by atoms with Crippen molar-refractivity contribution >= 4 is 5.69 Å². The number of nitrogens with one attached hydrogen (secondary N) is 1. The molecule has 2 rings (SSSR count). The molecule has 106 valence electrons. The Morgan fingerprint density at radius 3 is 2.35 bits per heavy atom. The van der Waals surface area contributed by atoms with Gasteiger partial charge in [-0.15, -0.1) is 0 Å². The second-order valence-corrected chi connectivity index (χ2v) is 4.89. The van der Waals surface area contributed by atoms with E-state index >= 15 is 0 Å². The summed E-state index contributed by atoms with van der Waals surface area (Å²) in [6.45, 7) is 7.03. The third kappa shape index (κ3) is 3.53. The summed E-state index contributed by atoms with van der Waals surface area (Å²) in [5.74, 6) is 0.909. The smallest absolute Gasteiger partial charge is 0.142 e. The van der Waals surface area contributed by atoms with Gasteiger partial charge in [-0.05, 0) is 43.5 Å². The molecule has 1 atom stereocenters. The van der Waals surface area contributed by atoms with Crippen LogP contribution in [-0.2, 0) is 6.42 Å². The van der Waals surface area contributed by atoms with Gasteiger partial charge in [-0.3, -0.25) is 0 Å². The average Bonchev–Trinajstić information content (AvgIpc) is 2.49. The van der Waals surface area contributed by atoms with E-state index in [1.54, 1.807) is 0 Å². The van der Waals surface area contributed by atoms with Crippen LogP contribution in [0.1, 0.15) is 37.9 Å². The average molecular weight is 269 g/mol. The van der Waals surface area contributed by atoms with Crippen LogP contribution in [0.5, 0.6) is 5.75 Å². The molecule has 1 unspecified atom stereocenters. The van der Waals surface area contributed by atoms with Crippen LogP contribution in [0.3, 0.4) is 0 Å². The minimum Gasteiger partial charge on any atom is -0.492 e. The van der Waals surface area contributed by atoms with Crippen LogP contribution in [0.15, 0.2) is 48.5 Å². The Bertz CT molecular complexity index is 533. The molecule has 2 aromatic carbocycles. The molecule has 2 nitrogen and oxygen atoms in total. The lowest BCUT2D eigenvalue weighted by Crippen LogP contribution is -2.08. The van der Waals surface area contributed by atoms with Gasteiger partial charge in [-0.1, -0.05) is 43.3 Å². The van der Waals surface area contributed by atoms with Gasteiger partial charge < -0.3 is 10.1 Å². The van der Waals surface area contributed by atoms with Gasteiger partial charge in [0.15, 0.2) is 0 Å². The topological polar surface area (TPSA) is 21.3 Å². The lowest BCUT2D eigenvalue weighted by molar-refractivity contribution is 0.341. The van der Waals surface area contributed by atoms with Crippen LogP contribution < -0.4 is 10.1 Å². The number of anilines is 1. The van der Waals surface area contributed by atoms with Crippen LogP contribution in [0, 0.1) is 0 Å². The first-order chi connectivity index (χ1) is 9.74. The Labute approximate surface area is 121 Å². The Hall–Kier alpha value is -1.96. The zero-order chi connectivity index (χ0) is 14.4. The predicted octanol–water partition coefficient (Wildman–Crippen LogP) is 4.82. The molecule has 0 aliphatic carbocycles. The molecule has 0 saturated heterocycles. The summed E-state index contributed by atoms with van der Waals surface area (Å²) in [7, 11) is 0. The molecule has 1 N–H and O–H groups in total. The van der Waals surface area contributed by atoms with E-state index in [9.17, 15) is 0 Å². The van der Waals surface area contributed by atoms with E-state index in [-0.39, 0.29) is 6.04 Å². The molecule has 0 aromatic heterocycles. The van der Waals surface area contributed by atoms with Gasteiger partial charge in [0.1, 0.15) is 5.75 Å². The van der Waals surface area contributed by atoms with E-state index in [1.807, 2.05) is 25.1 Å². The summed E-state index contributed by atoms with van der Waals surface area (Å²) >= 11 is 0. The largest absolute Gasteiger partial charge is 0.492 e. The normalized spacial score (nSPS) is 11.9.